The van der Waals surface area contributed by atoms with Crippen molar-refractivity contribution in [3.05, 3.63) is 21.0 Å². The van der Waals surface area contributed by atoms with Crippen LogP contribution in [0, 0.1) is 0 Å². The van der Waals surface area contributed by atoms with E-state index < -0.39 is 0 Å². The summed E-state index contributed by atoms with van der Waals surface area (Å²) in [4.78, 5) is 0. The van der Waals surface area contributed by atoms with E-state index in [0.717, 1.165) is 28.1 Å². The van der Waals surface area contributed by atoms with Crippen LogP contribution in [0.25, 0.3) is 0 Å². The van der Waals surface area contributed by atoms with Crippen LogP contribution in [0.1, 0.15) is 19.6 Å². The number of halogens is 2. The topological polar surface area (TPSA) is 34.4 Å². The number of rotatable bonds is 6. The van der Waals surface area contributed by atoms with Gasteiger partial charge in [-0.25, -0.2) is 0 Å². The van der Waals surface area contributed by atoms with Gasteiger partial charge in [-0.2, -0.15) is 0 Å². The second-order valence-electron chi connectivity index (χ2n) is 3.23. The molecule has 0 radical (unpaired) electrons. The fourth-order valence-corrected chi connectivity index (χ4v) is 1.88. The summed E-state index contributed by atoms with van der Waals surface area (Å²) >= 11 is 6.66. The Kier molecular flexibility index (Phi) is 5.89. The molecular weight excluding hydrogens is 326 g/mol. The molecule has 0 bridgehead atoms. The lowest BCUT2D eigenvalue weighted by Gasteiger charge is -2.11. The van der Waals surface area contributed by atoms with Gasteiger partial charge in [-0.1, -0.05) is 0 Å². The van der Waals surface area contributed by atoms with Gasteiger partial charge in [0, 0.05) is 13.2 Å². The molecular formula is C10H15Br2NO2. The van der Waals surface area contributed by atoms with E-state index in [1.807, 2.05) is 19.9 Å². The van der Waals surface area contributed by atoms with E-state index in [2.05, 4.69) is 37.2 Å². The average molecular weight is 341 g/mol. The summed E-state index contributed by atoms with van der Waals surface area (Å²) in [5.41, 5.74) is 0. The Balaban J connectivity index is 2.25. The molecule has 0 aliphatic heterocycles. The maximum atomic E-state index is 5.42. The number of furan rings is 1. The Hall–Kier alpha value is 0.160. The highest BCUT2D eigenvalue weighted by atomic mass is 79.9. The Morgan fingerprint density at radius 2 is 2.27 bits per heavy atom. The van der Waals surface area contributed by atoms with E-state index >= 15 is 0 Å². The van der Waals surface area contributed by atoms with Gasteiger partial charge in [-0.15, -0.1) is 0 Å². The van der Waals surface area contributed by atoms with Crippen molar-refractivity contribution in [2.45, 2.75) is 26.5 Å². The minimum Gasteiger partial charge on any atom is -0.452 e. The lowest BCUT2D eigenvalue weighted by atomic mass is 10.4. The molecule has 0 aliphatic carbocycles. The lowest BCUT2D eigenvalue weighted by molar-refractivity contribution is 0.0756. The van der Waals surface area contributed by atoms with Gasteiger partial charge in [0.25, 0.3) is 0 Å². The number of nitrogens with one attached hydrogen (secondary N) is 1. The van der Waals surface area contributed by atoms with Crippen molar-refractivity contribution in [2.24, 2.45) is 0 Å². The molecule has 86 valence electrons. The van der Waals surface area contributed by atoms with Crippen LogP contribution in [0.15, 0.2) is 19.6 Å². The van der Waals surface area contributed by atoms with Gasteiger partial charge in [0.05, 0.1) is 17.1 Å². The molecule has 0 amide bonds. The summed E-state index contributed by atoms with van der Waals surface area (Å²) in [5.74, 6) is 0.900. The van der Waals surface area contributed by atoms with Gasteiger partial charge in [-0.3, -0.25) is 0 Å². The summed E-state index contributed by atoms with van der Waals surface area (Å²) in [6.45, 7) is 6.33. The highest BCUT2D eigenvalue weighted by molar-refractivity contribution is 9.13. The predicted octanol–water partition coefficient (Wildman–Crippen LogP) is 3.32. The molecule has 1 heterocycles. The van der Waals surface area contributed by atoms with Crippen LogP contribution in [0.3, 0.4) is 0 Å². The Bertz CT molecular complexity index is 282. The standard InChI is InChI=1S/C10H15Br2NO2/c1-3-14-7(2)5-13-6-8-4-9(11)10(12)15-8/h4,7,13H,3,5-6H2,1-2H3. The van der Waals surface area contributed by atoms with Gasteiger partial charge in [-0.05, 0) is 51.8 Å². The van der Waals surface area contributed by atoms with Crippen LogP contribution in [0.2, 0.25) is 0 Å². The summed E-state index contributed by atoms with van der Waals surface area (Å²) in [7, 11) is 0. The molecule has 0 aliphatic rings. The first-order valence-corrected chi connectivity index (χ1v) is 6.48. The Morgan fingerprint density at radius 3 is 2.80 bits per heavy atom. The zero-order valence-electron chi connectivity index (χ0n) is 8.85. The van der Waals surface area contributed by atoms with Crippen molar-refractivity contribution in [3.8, 4) is 0 Å². The molecule has 15 heavy (non-hydrogen) atoms. The zero-order valence-corrected chi connectivity index (χ0v) is 12.0. The fraction of sp³-hybridized carbons (Fsp3) is 0.600. The molecule has 3 nitrogen and oxygen atoms in total. The van der Waals surface area contributed by atoms with Crippen molar-refractivity contribution in [2.75, 3.05) is 13.2 Å². The molecule has 1 N–H and O–H groups in total. The molecule has 5 heteroatoms. The smallest absolute Gasteiger partial charge is 0.183 e. The normalized spacial score (nSPS) is 13.1. The molecule has 1 aromatic rings. The zero-order chi connectivity index (χ0) is 11.3. The van der Waals surface area contributed by atoms with Crippen LogP contribution in [0.5, 0.6) is 0 Å². The molecule has 1 aromatic heterocycles. The SMILES string of the molecule is CCOC(C)CNCc1cc(Br)c(Br)o1. The van der Waals surface area contributed by atoms with Crippen molar-refractivity contribution >= 4 is 31.9 Å². The monoisotopic (exact) mass is 339 g/mol. The number of ether oxygens (including phenoxy) is 1. The molecule has 1 rings (SSSR count). The highest BCUT2D eigenvalue weighted by Crippen LogP contribution is 2.26. The van der Waals surface area contributed by atoms with Gasteiger partial charge in [0.2, 0.25) is 0 Å². The maximum Gasteiger partial charge on any atom is 0.183 e. The van der Waals surface area contributed by atoms with E-state index in [4.69, 9.17) is 9.15 Å². The predicted molar refractivity (Wildman–Crippen MR) is 66.9 cm³/mol. The third-order valence-corrected chi connectivity index (χ3v) is 3.59. The Morgan fingerprint density at radius 1 is 1.53 bits per heavy atom. The van der Waals surface area contributed by atoms with E-state index in [9.17, 15) is 0 Å². The lowest BCUT2D eigenvalue weighted by Crippen LogP contribution is -2.26. The van der Waals surface area contributed by atoms with Gasteiger partial charge >= 0.3 is 0 Å². The van der Waals surface area contributed by atoms with E-state index in [1.165, 1.54) is 0 Å². The van der Waals surface area contributed by atoms with Crippen LogP contribution < -0.4 is 5.32 Å². The van der Waals surface area contributed by atoms with Crippen LogP contribution in [-0.2, 0) is 11.3 Å². The van der Waals surface area contributed by atoms with E-state index in [0.29, 0.717) is 6.54 Å². The molecule has 0 aromatic carbocycles. The first-order valence-electron chi connectivity index (χ1n) is 4.89. The Labute approximate surface area is 107 Å². The molecule has 0 spiro atoms. The molecule has 0 fully saturated rings. The van der Waals surface area contributed by atoms with Crippen LogP contribution >= 0.6 is 31.9 Å². The van der Waals surface area contributed by atoms with Gasteiger partial charge < -0.3 is 14.5 Å². The van der Waals surface area contributed by atoms with Gasteiger partial charge in [0.1, 0.15) is 5.76 Å². The molecule has 0 saturated heterocycles. The molecule has 1 atom stereocenters. The van der Waals surface area contributed by atoms with Crippen molar-refractivity contribution in [1.29, 1.82) is 0 Å². The first kappa shape index (κ1) is 13.2. The maximum absolute atomic E-state index is 5.42. The minimum absolute atomic E-state index is 0.233. The summed E-state index contributed by atoms with van der Waals surface area (Å²) in [5, 5.41) is 3.27. The van der Waals surface area contributed by atoms with Crippen molar-refractivity contribution in [3.63, 3.8) is 0 Å². The second-order valence-corrected chi connectivity index (χ2v) is 4.81. The quantitative estimate of drug-likeness (QED) is 0.862. The van der Waals surface area contributed by atoms with Crippen LogP contribution in [0.4, 0.5) is 0 Å². The summed E-state index contributed by atoms with van der Waals surface area (Å²) in [6.07, 6.45) is 0.233. The van der Waals surface area contributed by atoms with Crippen molar-refractivity contribution < 1.29 is 9.15 Å². The van der Waals surface area contributed by atoms with Gasteiger partial charge in [0.15, 0.2) is 4.67 Å². The largest absolute Gasteiger partial charge is 0.452 e. The average Bonchev–Trinajstić information content (AvgIpc) is 2.46. The molecule has 0 saturated carbocycles. The number of hydrogen-bond acceptors (Lipinski definition) is 3. The van der Waals surface area contributed by atoms with Crippen molar-refractivity contribution in [1.82, 2.24) is 5.32 Å². The van der Waals surface area contributed by atoms with Crippen LogP contribution in [-0.4, -0.2) is 19.3 Å². The molecule has 1 unspecified atom stereocenters. The highest BCUT2D eigenvalue weighted by Gasteiger charge is 2.06. The second kappa shape index (κ2) is 6.68. The number of hydrogen-bond donors (Lipinski definition) is 1. The third-order valence-electron chi connectivity index (χ3n) is 1.88. The fourth-order valence-electron chi connectivity index (χ4n) is 1.22. The van der Waals surface area contributed by atoms with E-state index in [1.54, 1.807) is 0 Å². The van der Waals surface area contributed by atoms with E-state index in [-0.39, 0.29) is 6.10 Å². The summed E-state index contributed by atoms with van der Waals surface area (Å²) < 4.78 is 12.5. The first-order chi connectivity index (χ1) is 7.13. The third kappa shape index (κ3) is 4.68. The minimum atomic E-state index is 0.233. The summed E-state index contributed by atoms with van der Waals surface area (Å²) in [6, 6.07) is 1.95.